The average Bonchev–Trinajstić information content (AvgIpc) is 2.36. The second-order valence-corrected chi connectivity index (χ2v) is 3.69. The molecule has 0 saturated carbocycles. The quantitative estimate of drug-likeness (QED) is 0.496. The predicted octanol–water partition coefficient (Wildman–Crippen LogP) is 2.59. The molecule has 0 spiro atoms. The lowest BCUT2D eigenvalue weighted by molar-refractivity contribution is -0.141. The van der Waals surface area contributed by atoms with E-state index in [9.17, 15) is 9.90 Å². The maximum atomic E-state index is 11.6. The van der Waals surface area contributed by atoms with Crippen LogP contribution in [0.3, 0.4) is 0 Å². The Hall–Kier alpha value is -1.81. The van der Waals surface area contributed by atoms with Gasteiger partial charge < -0.3 is 14.6 Å². The number of hydrogen-bond acceptors (Lipinski definition) is 4. The largest absolute Gasteiger partial charge is 0.460 e. The van der Waals surface area contributed by atoms with E-state index in [-0.39, 0.29) is 12.4 Å². The number of hydrogen-bond donors (Lipinski definition) is 1. The molecule has 1 N–H and O–H groups in total. The third-order valence-corrected chi connectivity index (χ3v) is 2.33. The van der Waals surface area contributed by atoms with E-state index in [1.165, 1.54) is 6.08 Å². The van der Waals surface area contributed by atoms with Crippen LogP contribution in [0.2, 0.25) is 0 Å². The molecule has 0 aliphatic carbocycles. The fourth-order valence-corrected chi connectivity index (χ4v) is 1.46. The molecule has 0 aliphatic rings. The Bertz CT molecular complexity index is 435. The molecular formula is C14H18O4. The molecule has 18 heavy (non-hydrogen) atoms. The van der Waals surface area contributed by atoms with E-state index < -0.39 is 12.1 Å². The van der Waals surface area contributed by atoms with Crippen molar-refractivity contribution in [2.75, 3.05) is 6.61 Å². The molecule has 0 amide bonds. The molecular weight excluding hydrogens is 232 g/mol. The van der Waals surface area contributed by atoms with Gasteiger partial charge in [0.15, 0.2) is 0 Å². The van der Waals surface area contributed by atoms with E-state index in [1.807, 2.05) is 0 Å². The molecule has 0 radical (unpaired) electrons. The van der Waals surface area contributed by atoms with E-state index in [1.54, 1.807) is 45.0 Å². The Kier molecular flexibility index (Phi) is 5.39. The summed E-state index contributed by atoms with van der Waals surface area (Å²) >= 11 is 0. The molecule has 1 unspecified atom stereocenters. The number of para-hydroxylation sites is 1. The molecule has 0 heterocycles. The van der Waals surface area contributed by atoms with Crippen LogP contribution in [0.1, 0.15) is 32.4 Å². The predicted molar refractivity (Wildman–Crippen MR) is 68.1 cm³/mol. The van der Waals surface area contributed by atoms with Crippen molar-refractivity contribution < 1.29 is 19.4 Å². The maximum absolute atomic E-state index is 11.6. The zero-order valence-electron chi connectivity index (χ0n) is 10.8. The summed E-state index contributed by atoms with van der Waals surface area (Å²) in [6.45, 7) is 5.35. The number of carbonyl (C=O) groups is 1. The van der Waals surface area contributed by atoms with Crippen LogP contribution in [-0.2, 0) is 9.53 Å². The summed E-state index contributed by atoms with van der Waals surface area (Å²) in [5.41, 5.74) is 0.626. The summed E-state index contributed by atoms with van der Waals surface area (Å²) in [6.07, 6.45) is 0.873. The van der Waals surface area contributed by atoms with E-state index in [0.717, 1.165) is 0 Å². The highest BCUT2D eigenvalue weighted by molar-refractivity contribution is 5.86. The molecule has 0 saturated heterocycles. The molecule has 0 fully saturated rings. The maximum Gasteiger partial charge on any atom is 0.373 e. The smallest absolute Gasteiger partial charge is 0.373 e. The van der Waals surface area contributed by atoms with Gasteiger partial charge in [0, 0.05) is 5.56 Å². The Morgan fingerprint density at radius 3 is 2.67 bits per heavy atom. The molecule has 4 heteroatoms. The van der Waals surface area contributed by atoms with Crippen molar-refractivity contribution in [2.45, 2.75) is 26.9 Å². The Labute approximate surface area is 107 Å². The standard InChI is InChI=1S/C14H18O4/c1-4-12(14(16)17-5-2)18-13-9-7-6-8-11(13)10(3)15/h4,6-10,15H,5H2,1-3H3/b12-4+. The number of aliphatic hydroxyl groups is 1. The van der Waals surface area contributed by atoms with Crippen LogP contribution in [0.25, 0.3) is 0 Å². The highest BCUT2D eigenvalue weighted by Crippen LogP contribution is 2.26. The zero-order valence-corrected chi connectivity index (χ0v) is 10.8. The molecule has 4 nitrogen and oxygen atoms in total. The lowest BCUT2D eigenvalue weighted by atomic mass is 10.1. The third kappa shape index (κ3) is 3.60. The molecule has 1 rings (SSSR count). The van der Waals surface area contributed by atoms with E-state index in [0.29, 0.717) is 11.3 Å². The summed E-state index contributed by atoms with van der Waals surface area (Å²) in [5.74, 6) is 0.0546. The van der Waals surface area contributed by atoms with Gasteiger partial charge in [0.05, 0.1) is 12.7 Å². The summed E-state index contributed by atoms with van der Waals surface area (Å²) in [5, 5.41) is 9.62. The van der Waals surface area contributed by atoms with Gasteiger partial charge in [0.25, 0.3) is 0 Å². The number of benzene rings is 1. The zero-order chi connectivity index (χ0) is 13.5. The third-order valence-electron chi connectivity index (χ3n) is 2.33. The van der Waals surface area contributed by atoms with Crippen LogP contribution in [-0.4, -0.2) is 17.7 Å². The Morgan fingerprint density at radius 2 is 2.11 bits per heavy atom. The minimum Gasteiger partial charge on any atom is -0.460 e. The lowest BCUT2D eigenvalue weighted by Gasteiger charge is -2.14. The Balaban J connectivity index is 2.92. The number of ether oxygens (including phenoxy) is 2. The highest BCUT2D eigenvalue weighted by Gasteiger charge is 2.15. The van der Waals surface area contributed by atoms with Gasteiger partial charge in [-0.15, -0.1) is 0 Å². The van der Waals surface area contributed by atoms with Crippen LogP contribution in [0, 0.1) is 0 Å². The van der Waals surface area contributed by atoms with Gasteiger partial charge in [-0.3, -0.25) is 0 Å². The molecule has 1 aromatic carbocycles. The van der Waals surface area contributed by atoms with Gasteiger partial charge in [-0.2, -0.15) is 0 Å². The number of carbonyl (C=O) groups excluding carboxylic acids is 1. The number of rotatable bonds is 5. The van der Waals surface area contributed by atoms with E-state index in [4.69, 9.17) is 9.47 Å². The van der Waals surface area contributed by atoms with Crippen molar-refractivity contribution in [2.24, 2.45) is 0 Å². The first-order chi connectivity index (χ1) is 8.60. The first kappa shape index (κ1) is 14.3. The summed E-state index contributed by atoms with van der Waals surface area (Å²) < 4.78 is 10.4. The number of esters is 1. The van der Waals surface area contributed by atoms with Crippen molar-refractivity contribution in [1.29, 1.82) is 0 Å². The van der Waals surface area contributed by atoms with Gasteiger partial charge in [-0.25, -0.2) is 4.79 Å². The molecule has 1 atom stereocenters. The van der Waals surface area contributed by atoms with Crippen LogP contribution >= 0.6 is 0 Å². The summed E-state index contributed by atoms with van der Waals surface area (Å²) in [4.78, 5) is 11.6. The van der Waals surface area contributed by atoms with Crippen LogP contribution in [0.5, 0.6) is 5.75 Å². The van der Waals surface area contributed by atoms with E-state index >= 15 is 0 Å². The van der Waals surface area contributed by atoms with E-state index in [2.05, 4.69) is 0 Å². The van der Waals surface area contributed by atoms with Crippen LogP contribution < -0.4 is 4.74 Å². The van der Waals surface area contributed by atoms with Crippen molar-refractivity contribution in [3.63, 3.8) is 0 Å². The minimum absolute atomic E-state index is 0.116. The number of aliphatic hydroxyl groups excluding tert-OH is 1. The van der Waals surface area contributed by atoms with Crippen LogP contribution in [0.15, 0.2) is 36.1 Å². The fourth-order valence-electron chi connectivity index (χ4n) is 1.46. The normalized spacial score (nSPS) is 13.0. The number of allylic oxidation sites excluding steroid dienone is 1. The Morgan fingerprint density at radius 1 is 1.44 bits per heavy atom. The second-order valence-electron chi connectivity index (χ2n) is 3.69. The van der Waals surface area contributed by atoms with Crippen LogP contribution in [0.4, 0.5) is 0 Å². The van der Waals surface area contributed by atoms with Crippen molar-refractivity contribution in [1.82, 2.24) is 0 Å². The second kappa shape index (κ2) is 6.81. The molecule has 98 valence electrons. The van der Waals surface area contributed by atoms with Crippen molar-refractivity contribution in [3.8, 4) is 5.75 Å². The first-order valence-electron chi connectivity index (χ1n) is 5.88. The SMILES string of the molecule is C/C=C(/Oc1ccccc1C(C)O)C(=O)OCC. The van der Waals surface area contributed by atoms with Gasteiger partial charge in [0.2, 0.25) is 5.76 Å². The summed E-state index contributed by atoms with van der Waals surface area (Å²) in [7, 11) is 0. The van der Waals surface area contributed by atoms with Crippen molar-refractivity contribution >= 4 is 5.97 Å². The highest BCUT2D eigenvalue weighted by atomic mass is 16.6. The fraction of sp³-hybridized carbons (Fsp3) is 0.357. The molecule has 0 aromatic heterocycles. The van der Waals surface area contributed by atoms with Gasteiger partial charge >= 0.3 is 5.97 Å². The molecule has 0 aliphatic heterocycles. The average molecular weight is 250 g/mol. The summed E-state index contributed by atoms with van der Waals surface area (Å²) in [6, 6.07) is 7.03. The molecule has 0 bridgehead atoms. The lowest BCUT2D eigenvalue weighted by Crippen LogP contribution is -2.13. The van der Waals surface area contributed by atoms with Gasteiger partial charge in [-0.1, -0.05) is 18.2 Å². The van der Waals surface area contributed by atoms with Gasteiger partial charge in [0.1, 0.15) is 5.75 Å². The van der Waals surface area contributed by atoms with Gasteiger partial charge in [-0.05, 0) is 32.9 Å². The monoisotopic (exact) mass is 250 g/mol. The minimum atomic E-state index is -0.665. The topological polar surface area (TPSA) is 55.8 Å². The van der Waals surface area contributed by atoms with Crippen molar-refractivity contribution in [3.05, 3.63) is 41.7 Å². The first-order valence-corrected chi connectivity index (χ1v) is 5.88. The molecule has 1 aromatic rings.